The minimum atomic E-state index is -4.51. The molecule has 1 unspecified atom stereocenters. The number of hydrogen-bond donors (Lipinski definition) is 2. The highest BCUT2D eigenvalue weighted by Crippen LogP contribution is 2.33. The molecule has 0 radical (unpaired) electrons. The highest BCUT2D eigenvalue weighted by atomic mass is 19.4. The van der Waals surface area contributed by atoms with Gasteiger partial charge in [-0.15, -0.1) is 0 Å². The Morgan fingerprint density at radius 2 is 2.16 bits per heavy atom. The number of nitrogens with one attached hydrogen (secondary N) is 2. The van der Waals surface area contributed by atoms with Gasteiger partial charge >= 0.3 is 6.18 Å². The first-order valence-corrected chi connectivity index (χ1v) is 6.09. The van der Waals surface area contributed by atoms with E-state index < -0.39 is 11.7 Å². The number of hydrogen-bond acceptors (Lipinski definition) is 3. The Labute approximate surface area is 109 Å². The fraction of sp³-hybridized carbons (Fsp3) is 0.462. The first-order chi connectivity index (χ1) is 9.00. The zero-order valence-corrected chi connectivity index (χ0v) is 10.2. The third kappa shape index (κ3) is 3.38. The Morgan fingerprint density at radius 3 is 2.74 bits per heavy atom. The summed E-state index contributed by atoms with van der Waals surface area (Å²) in [6, 6.07) is 5.43. The van der Waals surface area contributed by atoms with Crippen molar-refractivity contribution in [2.45, 2.75) is 25.1 Å². The summed E-state index contributed by atoms with van der Waals surface area (Å²) in [5.74, 6) is 0. The Hall–Kier alpha value is -1.74. The van der Waals surface area contributed by atoms with Gasteiger partial charge in [-0.25, -0.2) is 0 Å². The van der Waals surface area contributed by atoms with E-state index in [2.05, 4.69) is 10.6 Å². The largest absolute Gasteiger partial charge is 0.417 e. The molecule has 3 nitrogen and oxygen atoms in total. The molecule has 0 saturated carbocycles. The fourth-order valence-corrected chi connectivity index (χ4v) is 2.18. The summed E-state index contributed by atoms with van der Waals surface area (Å²) >= 11 is 0. The molecule has 0 aliphatic carbocycles. The molecule has 1 fully saturated rings. The van der Waals surface area contributed by atoms with Gasteiger partial charge in [-0.2, -0.15) is 18.4 Å². The normalized spacial score (nSPS) is 19.8. The van der Waals surface area contributed by atoms with Gasteiger partial charge in [0.15, 0.2) is 0 Å². The van der Waals surface area contributed by atoms with E-state index in [1.54, 1.807) is 6.07 Å². The molecule has 1 aromatic carbocycles. The van der Waals surface area contributed by atoms with Crippen molar-refractivity contribution in [3.05, 3.63) is 29.3 Å². The summed E-state index contributed by atoms with van der Waals surface area (Å²) in [7, 11) is 0. The van der Waals surface area contributed by atoms with Gasteiger partial charge in [0, 0.05) is 18.3 Å². The molecule has 0 bridgehead atoms. The van der Waals surface area contributed by atoms with Crippen LogP contribution in [0.3, 0.4) is 0 Å². The zero-order valence-electron chi connectivity index (χ0n) is 10.2. The van der Waals surface area contributed by atoms with Crippen LogP contribution in [0, 0.1) is 11.3 Å². The van der Waals surface area contributed by atoms with Crippen molar-refractivity contribution < 1.29 is 13.2 Å². The van der Waals surface area contributed by atoms with Gasteiger partial charge in [-0.1, -0.05) is 0 Å². The van der Waals surface area contributed by atoms with Crippen molar-refractivity contribution in [1.82, 2.24) is 5.32 Å². The van der Waals surface area contributed by atoms with Crippen molar-refractivity contribution >= 4 is 5.69 Å². The van der Waals surface area contributed by atoms with Crippen molar-refractivity contribution in [1.29, 1.82) is 5.26 Å². The van der Waals surface area contributed by atoms with Crippen molar-refractivity contribution in [2.75, 3.05) is 18.4 Å². The Bertz CT molecular complexity index is 485. The van der Waals surface area contributed by atoms with Gasteiger partial charge in [0.25, 0.3) is 0 Å². The molecule has 1 aromatic rings. The van der Waals surface area contributed by atoms with Gasteiger partial charge in [0.2, 0.25) is 0 Å². The smallest absolute Gasteiger partial charge is 0.381 e. The summed E-state index contributed by atoms with van der Waals surface area (Å²) in [6.07, 6.45) is -2.58. The van der Waals surface area contributed by atoms with E-state index in [-0.39, 0.29) is 11.6 Å². The predicted octanol–water partition coefficient (Wildman–Crippen LogP) is 2.74. The first-order valence-electron chi connectivity index (χ1n) is 6.09. The van der Waals surface area contributed by atoms with Crippen LogP contribution in [0.15, 0.2) is 18.2 Å². The van der Waals surface area contributed by atoms with E-state index in [0.29, 0.717) is 5.69 Å². The van der Waals surface area contributed by atoms with Crippen LogP contribution in [0.25, 0.3) is 0 Å². The molecule has 0 aromatic heterocycles. The maximum Gasteiger partial charge on any atom is 0.417 e. The second kappa shape index (κ2) is 5.49. The van der Waals surface area contributed by atoms with E-state index in [1.165, 1.54) is 12.1 Å². The molecular weight excluding hydrogens is 255 g/mol. The summed E-state index contributed by atoms with van der Waals surface area (Å²) < 4.78 is 38.4. The summed E-state index contributed by atoms with van der Waals surface area (Å²) in [5, 5.41) is 15.0. The summed E-state index contributed by atoms with van der Waals surface area (Å²) in [4.78, 5) is 0. The van der Waals surface area contributed by atoms with Crippen LogP contribution >= 0.6 is 0 Å². The molecule has 0 spiro atoms. The number of piperidine rings is 1. The van der Waals surface area contributed by atoms with Gasteiger partial charge in [-0.3, -0.25) is 0 Å². The van der Waals surface area contributed by atoms with Crippen LogP contribution in [-0.4, -0.2) is 19.1 Å². The fourth-order valence-electron chi connectivity index (χ4n) is 2.18. The molecule has 1 atom stereocenters. The zero-order chi connectivity index (χ0) is 13.9. The van der Waals surface area contributed by atoms with Gasteiger partial charge in [0.1, 0.15) is 0 Å². The maximum atomic E-state index is 12.8. The lowest BCUT2D eigenvalue weighted by Crippen LogP contribution is -2.38. The second-order valence-electron chi connectivity index (χ2n) is 4.56. The highest BCUT2D eigenvalue weighted by molar-refractivity contribution is 5.53. The van der Waals surface area contributed by atoms with E-state index in [1.807, 2.05) is 0 Å². The van der Waals surface area contributed by atoms with E-state index >= 15 is 0 Å². The lowest BCUT2D eigenvalue weighted by molar-refractivity contribution is -0.137. The van der Waals surface area contributed by atoms with Crippen LogP contribution < -0.4 is 10.6 Å². The minimum absolute atomic E-state index is 0.128. The molecule has 2 rings (SSSR count). The summed E-state index contributed by atoms with van der Waals surface area (Å²) in [6.45, 7) is 1.68. The first kappa shape index (κ1) is 13.7. The SMILES string of the molecule is N#Cc1ccc(NC2CCCNC2)cc1C(F)(F)F. The lowest BCUT2D eigenvalue weighted by Gasteiger charge is -2.25. The predicted molar refractivity (Wildman–Crippen MR) is 65.7 cm³/mol. The van der Waals surface area contributed by atoms with Gasteiger partial charge in [0.05, 0.1) is 17.2 Å². The van der Waals surface area contributed by atoms with Crippen molar-refractivity contribution in [3.63, 3.8) is 0 Å². The molecule has 1 heterocycles. The van der Waals surface area contributed by atoms with Crippen molar-refractivity contribution in [3.8, 4) is 6.07 Å². The van der Waals surface area contributed by atoms with Crippen LogP contribution in [0.4, 0.5) is 18.9 Å². The number of anilines is 1. The Balaban J connectivity index is 2.20. The standard InChI is InChI=1S/C13H14F3N3/c14-13(15,16)12-6-10(4-3-9(12)7-17)19-11-2-1-5-18-8-11/h3-4,6,11,18-19H,1-2,5,8H2. The Morgan fingerprint density at radius 1 is 1.37 bits per heavy atom. The van der Waals surface area contributed by atoms with E-state index in [0.717, 1.165) is 32.0 Å². The molecule has 0 amide bonds. The number of rotatable bonds is 2. The van der Waals surface area contributed by atoms with Crippen LogP contribution in [0.5, 0.6) is 0 Å². The highest BCUT2D eigenvalue weighted by Gasteiger charge is 2.34. The maximum absolute atomic E-state index is 12.8. The van der Waals surface area contributed by atoms with E-state index in [4.69, 9.17) is 5.26 Å². The summed E-state index contributed by atoms with van der Waals surface area (Å²) in [5.41, 5.74) is -0.830. The molecule has 1 aliphatic heterocycles. The van der Waals surface area contributed by atoms with Gasteiger partial charge < -0.3 is 10.6 Å². The third-order valence-electron chi connectivity index (χ3n) is 3.11. The number of halogens is 3. The number of nitriles is 1. The molecule has 102 valence electrons. The van der Waals surface area contributed by atoms with E-state index in [9.17, 15) is 13.2 Å². The molecule has 19 heavy (non-hydrogen) atoms. The number of nitrogens with zero attached hydrogens (tertiary/aromatic N) is 1. The Kier molecular flexibility index (Phi) is 3.96. The average Bonchev–Trinajstić information content (AvgIpc) is 2.39. The molecule has 6 heteroatoms. The second-order valence-corrected chi connectivity index (χ2v) is 4.56. The molecule has 1 aliphatic rings. The monoisotopic (exact) mass is 269 g/mol. The van der Waals surface area contributed by atoms with Crippen LogP contribution in [-0.2, 0) is 6.18 Å². The number of benzene rings is 1. The van der Waals surface area contributed by atoms with Crippen LogP contribution in [0.2, 0.25) is 0 Å². The molecule has 2 N–H and O–H groups in total. The number of alkyl halides is 3. The molecule has 1 saturated heterocycles. The van der Waals surface area contributed by atoms with Crippen LogP contribution in [0.1, 0.15) is 24.0 Å². The topological polar surface area (TPSA) is 47.9 Å². The lowest BCUT2D eigenvalue weighted by atomic mass is 10.0. The minimum Gasteiger partial charge on any atom is -0.381 e. The quantitative estimate of drug-likeness (QED) is 0.868. The third-order valence-corrected chi connectivity index (χ3v) is 3.11. The van der Waals surface area contributed by atoms with Crippen molar-refractivity contribution in [2.24, 2.45) is 0 Å². The molecular formula is C13H14F3N3. The average molecular weight is 269 g/mol. The van der Waals surface area contributed by atoms with Gasteiger partial charge in [-0.05, 0) is 37.6 Å².